The Balaban J connectivity index is 2.83. The predicted octanol–water partition coefficient (Wildman–Crippen LogP) is 2.95. The monoisotopic (exact) mass is 226 g/mol. The van der Waals surface area contributed by atoms with Crippen LogP contribution in [0.5, 0.6) is 0 Å². The van der Waals surface area contributed by atoms with Crippen LogP contribution >= 0.6 is 0 Å². The molecule has 1 unspecified atom stereocenters. The zero-order valence-corrected chi connectivity index (χ0v) is 7.35. The summed E-state index contributed by atoms with van der Waals surface area (Å²) in [6, 6.07) is 2.13. The first-order chi connectivity index (χ1) is 6.79. The van der Waals surface area contributed by atoms with E-state index >= 15 is 0 Å². The molecule has 15 heavy (non-hydrogen) atoms. The van der Waals surface area contributed by atoms with E-state index in [1.54, 1.807) is 0 Å². The summed E-state index contributed by atoms with van der Waals surface area (Å²) in [5.41, 5.74) is -0.300. The van der Waals surface area contributed by atoms with Gasteiger partial charge in [-0.25, -0.2) is 8.78 Å². The highest BCUT2D eigenvalue weighted by Gasteiger charge is 2.31. The van der Waals surface area contributed by atoms with Crippen molar-refractivity contribution in [3.8, 4) is 0 Å². The average molecular weight is 226 g/mol. The van der Waals surface area contributed by atoms with Crippen LogP contribution in [0.4, 0.5) is 22.0 Å². The van der Waals surface area contributed by atoms with Crippen molar-refractivity contribution in [2.45, 2.75) is 18.7 Å². The minimum atomic E-state index is -4.55. The van der Waals surface area contributed by atoms with Crippen LogP contribution in [0.1, 0.15) is 18.1 Å². The summed E-state index contributed by atoms with van der Waals surface area (Å²) in [7, 11) is 0. The van der Waals surface area contributed by atoms with Gasteiger partial charge in [-0.15, -0.1) is 0 Å². The van der Waals surface area contributed by atoms with Crippen molar-refractivity contribution in [3.63, 3.8) is 0 Å². The molecule has 0 amide bonds. The van der Waals surface area contributed by atoms with Crippen LogP contribution in [0, 0.1) is 11.6 Å². The maximum absolute atomic E-state index is 12.6. The first-order valence-corrected chi connectivity index (χ1v) is 3.99. The van der Waals surface area contributed by atoms with E-state index in [-0.39, 0.29) is 5.56 Å². The molecule has 0 aliphatic carbocycles. The minimum Gasteiger partial charge on any atom is -0.388 e. The SMILES string of the molecule is OC(CC(F)(F)F)c1ccc(F)c(F)c1. The molecule has 0 heterocycles. The first-order valence-electron chi connectivity index (χ1n) is 3.99. The van der Waals surface area contributed by atoms with Crippen LogP contribution in [0.2, 0.25) is 0 Å². The van der Waals surface area contributed by atoms with Crippen LogP contribution < -0.4 is 0 Å². The zero-order valence-electron chi connectivity index (χ0n) is 7.35. The Bertz CT molecular complexity index is 347. The van der Waals surface area contributed by atoms with Gasteiger partial charge >= 0.3 is 6.18 Å². The second kappa shape index (κ2) is 4.14. The summed E-state index contributed by atoms with van der Waals surface area (Å²) < 4.78 is 60.6. The molecule has 1 N–H and O–H groups in total. The fourth-order valence-electron chi connectivity index (χ4n) is 1.06. The molecule has 1 nitrogen and oxygen atoms in total. The molecule has 84 valence electrons. The fourth-order valence-corrected chi connectivity index (χ4v) is 1.06. The second-order valence-corrected chi connectivity index (χ2v) is 3.01. The second-order valence-electron chi connectivity index (χ2n) is 3.01. The molecule has 0 aliphatic rings. The van der Waals surface area contributed by atoms with Gasteiger partial charge in [0.15, 0.2) is 11.6 Å². The van der Waals surface area contributed by atoms with Crippen molar-refractivity contribution in [2.75, 3.05) is 0 Å². The molecule has 1 aromatic rings. The van der Waals surface area contributed by atoms with Crippen molar-refractivity contribution in [1.29, 1.82) is 0 Å². The summed E-state index contributed by atoms with van der Waals surface area (Å²) in [6.07, 6.45) is -7.91. The van der Waals surface area contributed by atoms with E-state index in [4.69, 9.17) is 5.11 Å². The largest absolute Gasteiger partial charge is 0.391 e. The first kappa shape index (κ1) is 11.9. The third-order valence-electron chi connectivity index (χ3n) is 1.75. The quantitative estimate of drug-likeness (QED) is 0.768. The fraction of sp³-hybridized carbons (Fsp3) is 0.333. The average Bonchev–Trinajstić information content (AvgIpc) is 2.06. The Hall–Kier alpha value is -1.17. The van der Waals surface area contributed by atoms with Crippen LogP contribution in [0.25, 0.3) is 0 Å². The predicted molar refractivity (Wildman–Crippen MR) is 42.0 cm³/mol. The van der Waals surface area contributed by atoms with Gasteiger partial charge in [-0.2, -0.15) is 13.2 Å². The Morgan fingerprint density at radius 3 is 2.20 bits per heavy atom. The van der Waals surface area contributed by atoms with Gasteiger partial charge in [-0.05, 0) is 17.7 Å². The van der Waals surface area contributed by atoms with Gasteiger partial charge in [0.25, 0.3) is 0 Å². The van der Waals surface area contributed by atoms with Crippen LogP contribution in [-0.4, -0.2) is 11.3 Å². The third kappa shape index (κ3) is 3.47. The normalized spacial score (nSPS) is 14.0. The van der Waals surface area contributed by atoms with E-state index in [9.17, 15) is 22.0 Å². The molecule has 6 heteroatoms. The van der Waals surface area contributed by atoms with Crippen LogP contribution in [-0.2, 0) is 0 Å². The molecule has 0 bridgehead atoms. The zero-order chi connectivity index (χ0) is 11.6. The van der Waals surface area contributed by atoms with Crippen molar-refractivity contribution in [1.82, 2.24) is 0 Å². The molecule has 0 aromatic heterocycles. The number of hydrogen-bond donors (Lipinski definition) is 1. The number of benzene rings is 1. The van der Waals surface area contributed by atoms with Gasteiger partial charge in [-0.1, -0.05) is 6.07 Å². The van der Waals surface area contributed by atoms with Gasteiger partial charge < -0.3 is 5.11 Å². The summed E-state index contributed by atoms with van der Waals surface area (Å²) in [5.74, 6) is -2.45. The standard InChI is InChI=1S/C9H7F5O/c10-6-2-1-5(3-7(6)11)8(15)4-9(12,13)14/h1-3,8,15H,4H2. The van der Waals surface area contributed by atoms with Gasteiger partial charge in [0.05, 0.1) is 12.5 Å². The maximum Gasteiger partial charge on any atom is 0.391 e. The van der Waals surface area contributed by atoms with E-state index in [2.05, 4.69) is 0 Å². The molecule has 0 aliphatic heterocycles. The van der Waals surface area contributed by atoms with E-state index in [1.807, 2.05) is 0 Å². The van der Waals surface area contributed by atoms with Crippen molar-refractivity contribution >= 4 is 0 Å². The lowest BCUT2D eigenvalue weighted by molar-refractivity contribution is -0.154. The lowest BCUT2D eigenvalue weighted by Crippen LogP contribution is -2.13. The molecule has 0 saturated carbocycles. The molecular formula is C9H7F5O. The number of aliphatic hydroxyl groups excluding tert-OH is 1. The minimum absolute atomic E-state index is 0.300. The molecule has 0 fully saturated rings. The van der Waals surface area contributed by atoms with Gasteiger partial charge in [0.2, 0.25) is 0 Å². The molecule has 0 radical (unpaired) electrons. The molecule has 1 atom stereocenters. The number of aliphatic hydroxyl groups is 1. The molecule has 0 saturated heterocycles. The van der Waals surface area contributed by atoms with Crippen LogP contribution in [0.15, 0.2) is 18.2 Å². The van der Waals surface area contributed by atoms with Gasteiger partial charge in [0.1, 0.15) is 0 Å². The van der Waals surface area contributed by atoms with Crippen molar-refractivity contribution in [2.24, 2.45) is 0 Å². The topological polar surface area (TPSA) is 20.2 Å². The molecule has 1 rings (SSSR count). The lowest BCUT2D eigenvalue weighted by atomic mass is 10.1. The van der Waals surface area contributed by atoms with Crippen LogP contribution in [0.3, 0.4) is 0 Å². The van der Waals surface area contributed by atoms with E-state index < -0.39 is 30.3 Å². The van der Waals surface area contributed by atoms with E-state index in [0.717, 1.165) is 6.07 Å². The smallest absolute Gasteiger partial charge is 0.388 e. The number of hydrogen-bond acceptors (Lipinski definition) is 1. The molecular weight excluding hydrogens is 219 g/mol. The maximum atomic E-state index is 12.6. The number of halogens is 5. The van der Waals surface area contributed by atoms with Gasteiger partial charge in [-0.3, -0.25) is 0 Å². The summed E-state index contributed by atoms with van der Waals surface area (Å²) in [5, 5.41) is 9.06. The van der Waals surface area contributed by atoms with Gasteiger partial charge in [0, 0.05) is 0 Å². The van der Waals surface area contributed by atoms with Crippen molar-refractivity contribution in [3.05, 3.63) is 35.4 Å². The summed E-state index contributed by atoms with van der Waals surface area (Å²) >= 11 is 0. The Morgan fingerprint density at radius 1 is 1.13 bits per heavy atom. The highest BCUT2D eigenvalue weighted by Crippen LogP contribution is 2.29. The molecule has 0 spiro atoms. The Labute approximate surface area is 82.1 Å². The van der Waals surface area contributed by atoms with E-state index in [0.29, 0.717) is 12.1 Å². The van der Waals surface area contributed by atoms with E-state index in [1.165, 1.54) is 0 Å². The Kier molecular flexibility index (Phi) is 3.28. The summed E-state index contributed by atoms with van der Waals surface area (Å²) in [4.78, 5) is 0. The third-order valence-corrected chi connectivity index (χ3v) is 1.75. The lowest BCUT2D eigenvalue weighted by Gasteiger charge is -2.13. The number of rotatable bonds is 2. The highest BCUT2D eigenvalue weighted by molar-refractivity contribution is 5.20. The van der Waals surface area contributed by atoms with Crippen molar-refractivity contribution < 1.29 is 27.1 Å². The number of alkyl halides is 3. The molecule has 1 aromatic carbocycles. The highest BCUT2D eigenvalue weighted by atomic mass is 19.4. The summed E-state index contributed by atoms with van der Waals surface area (Å²) in [6.45, 7) is 0. The Morgan fingerprint density at radius 2 is 1.73 bits per heavy atom.